The van der Waals surface area contributed by atoms with Crippen LogP contribution in [0.4, 0.5) is 0 Å². The van der Waals surface area contributed by atoms with Crippen molar-refractivity contribution in [1.82, 2.24) is 0 Å². The van der Waals surface area contributed by atoms with Gasteiger partial charge in [-0.25, -0.2) is 0 Å². The van der Waals surface area contributed by atoms with E-state index in [0.717, 1.165) is 165 Å². The lowest BCUT2D eigenvalue weighted by Gasteiger charge is -2.48. The van der Waals surface area contributed by atoms with Gasteiger partial charge >= 0.3 is 0 Å². The van der Waals surface area contributed by atoms with Crippen molar-refractivity contribution in [3.8, 4) is 0 Å². The molecule has 0 heteroatoms. The van der Waals surface area contributed by atoms with Crippen molar-refractivity contribution in [3.63, 3.8) is 0 Å². The van der Waals surface area contributed by atoms with Crippen molar-refractivity contribution in [1.29, 1.82) is 0 Å². The van der Waals surface area contributed by atoms with Crippen LogP contribution in [0.25, 0.3) is 0 Å². The summed E-state index contributed by atoms with van der Waals surface area (Å²) in [5.41, 5.74) is 2.66. The fraction of sp³-hybridized carbons (Fsp3) is 0.879. The van der Waals surface area contributed by atoms with Gasteiger partial charge in [-0.05, 0) is 289 Å². The van der Waals surface area contributed by atoms with Gasteiger partial charge in [-0.15, -0.1) is 0 Å². The summed E-state index contributed by atoms with van der Waals surface area (Å²) >= 11 is 0. The molecule has 20 rings (SSSR count). The molecular weight excluding hydrogens is 793 g/mol. The molecule has 32 atom stereocenters. The van der Waals surface area contributed by atoms with Gasteiger partial charge in [0.05, 0.1) is 0 Å². The van der Waals surface area contributed by atoms with Crippen molar-refractivity contribution < 1.29 is 0 Å². The van der Waals surface area contributed by atoms with E-state index in [1.54, 1.807) is 89.9 Å². The number of hydrogen-bond donors (Lipinski definition) is 0. The lowest BCUT2D eigenvalue weighted by molar-refractivity contribution is 0.0142. The Labute approximate surface area is 403 Å². The van der Waals surface area contributed by atoms with E-state index >= 15 is 0 Å². The Hall–Kier alpha value is -1.04. The summed E-state index contributed by atoms with van der Waals surface area (Å²) in [5, 5.41) is 0. The minimum absolute atomic E-state index is 0.590. The molecule has 16 saturated carbocycles. The van der Waals surface area contributed by atoms with Gasteiger partial charge in [0.25, 0.3) is 0 Å². The van der Waals surface area contributed by atoms with Crippen LogP contribution in [0, 0.1) is 199 Å². The first-order valence-electron chi connectivity index (χ1n) is 30.7. The Balaban J connectivity index is 0.0000000755. The average Bonchev–Trinajstić information content (AvgIpc) is 4.12. The minimum atomic E-state index is 0.590. The van der Waals surface area contributed by atoms with Crippen LogP contribution in [0.3, 0.4) is 0 Å². The second kappa shape index (κ2) is 13.1. The van der Waals surface area contributed by atoms with E-state index < -0.39 is 0 Å². The molecule has 32 unspecified atom stereocenters. The highest BCUT2D eigenvalue weighted by Gasteiger charge is 2.75. The Kier molecular flexibility index (Phi) is 8.07. The van der Waals surface area contributed by atoms with E-state index in [-0.39, 0.29) is 0 Å². The first-order chi connectivity index (χ1) is 32.0. The maximum absolute atomic E-state index is 2.68. The molecule has 0 amide bonds. The Bertz CT molecular complexity index is 2120. The van der Waals surface area contributed by atoms with Crippen LogP contribution in [-0.4, -0.2) is 0 Å². The van der Waals surface area contributed by atoms with Gasteiger partial charge < -0.3 is 0 Å². The summed E-state index contributed by atoms with van der Waals surface area (Å²) in [6.45, 7) is 15.6. The molecule has 0 heterocycles. The zero-order valence-corrected chi connectivity index (χ0v) is 42.7. The van der Waals surface area contributed by atoms with Gasteiger partial charge in [-0.1, -0.05) is 116 Å². The van der Waals surface area contributed by atoms with Crippen molar-refractivity contribution >= 4 is 0 Å². The van der Waals surface area contributed by atoms with E-state index in [2.05, 4.69) is 90.2 Å². The van der Waals surface area contributed by atoms with E-state index in [1.165, 1.54) is 49.4 Å². The highest BCUT2D eigenvalue weighted by atomic mass is 14.8. The molecule has 16 fully saturated rings. The standard InChI is InChI=1S/3C17H24.C15H20/c1-16-7-6-10(8-16)14-15(16)12-9-17(14,2)13-5-3-4-11(12)13;1-16-7-6-10(8-16)14-12-9-17(2,15(14)16)13-5-3-4-11(12)13;1-8-10-6-7-11(8)17-15-9(2)14(16(10)17)12-4-3-5-13(12)15;1-2-10-11(3-1)13-7-12(10)14-8-4-5-9(6-8)15(13)14/h2*6-7,10-15H,3-5,8-9H2,1-2H3;6-17H,3-5H2,1-2H3;4-5,8-15H,1-3,6-7H2. The SMILES string of the molecule is C1=CC2CC1C1C3CC(C4CCCC43)C21.CC12C=CC(C1)C1C2C2CC1(C)C1CCCC21.CC12C=CC(C1)C1C3CC(C)(C4CCCC34)C12.CC1C2C=CC1C1C3C(C)C(C4CCCC43)C21. The van der Waals surface area contributed by atoms with Crippen molar-refractivity contribution in [3.05, 3.63) is 48.6 Å². The van der Waals surface area contributed by atoms with E-state index in [9.17, 15) is 0 Å². The summed E-state index contributed by atoms with van der Waals surface area (Å²) in [7, 11) is 0. The third-order valence-electron chi connectivity index (χ3n) is 30.4. The van der Waals surface area contributed by atoms with Gasteiger partial charge in [-0.3, -0.25) is 0 Å². The Morgan fingerprint density at radius 1 is 0.348 bits per heavy atom. The predicted molar refractivity (Wildman–Crippen MR) is 268 cm³/mol. The fourth-order valence-corrected chi connectivity index (χ4v) is 29.9. The molecule has 0 spiro atoms. The zero-order valence-electron chi connectivity index (χ0n) is 42.7. The van der Waals surface area contributed by atoms with Crippen LogP contribution in [0.1, 0.15) is 157 Å². The van der Waals surface area contributed by atoms with E-state index in [0.29, 0.717) is 10.8 Å². The second-order valence-electron chi connectivity index (χ2n) is 31.5. The van der Waals surface area contributed by atoms with Crippen molar-refractivity contribution in [2.45, 2.75) is 157 Å². The van der Waals surface area contributed by atoms with Gasteiger partial charge in [0.15, 0.2) is 0 Å². The number of hydrogen-bond acceptors (Lipinski definition) is 0. The molecule has 0 N–H and O–H groups in total. The van der Waals surface area contributed by atoms with Crippen LogP contribution in [0.2, 0.25) is 0 Å². The molecule has 16 bridgehead atoms. The van der Waals surface area contributed by atoms with Gasteiger partial charge in [0.1, 0.15) is 0 Å². The fourth-order valence-electron chi connectivity index (χ4n) is 29.9. The van der Waals surface area contributed by atoms with Crippen LogP contribution < -0.4 is 0 Å². The smallest absolute Gasteiger partial charge is 0.0104 e. The predicted octanol–water partition coefficient (Wildman–Crippen LogP) is 16.0. The largest absolute Gasteiger partial charge is 0.0848 e. The third kappa shape index (κ3) is 4.61. The summed E-state index contributed by atoms with van der Waals surface area (Å²) < 4.78 is 0. The van der Waals surface area contributed by atoms with Crippen LogP contribution in [-0.2, 0) is 0 Å². The topological polar surface area (TPSA) is 0 Å². The van der Waals surface area contributed by atoms with Gasteiger partial charge in [0.2, 0.25) is 0 Å². The molecule has 0 saturated heterocycles. The first-order valence-corrected chi connectivity index (χ1v) is 30.7. The normalized spacial score (nSPS) is 69.5. The highest BCUT2D eigenvalue weighted by molar-refractivity contribution is 5.32. The molecule has 0 aromatic carbocycles. The van der Waals surface area contributed by atoms with E-state index in [4.69, 9.17) is 0 Å². The van der Waals surface area contributed by atoms with Gasteiger partial charge in [0, 0.05) is 0 Å². The van der Waals surface area contributed by atoms with Crippen molar-refractivity contribution in [2.24, 2.45) is 199 Å². The molecule has 66 heavy (non-hydrogen) atoms. The van der Waals surface area contributed by atoms with Crippen molar-refractivity contribution in [2.75, 3.05) is 0 Å². The first kappa shape index (κ1) is 40.5. The summed E-state index contributed by atoms with van der Waals surface area (Å²) in [5.74, 6) is 32.8. The second-order valence-corrected chi connectivity index (χ2v) is 31.5. The quantitative estimate of drug-likeness (QED) is 0.168. The lowest BCUT2D eigenvalue weighted by atomic mass is 9.56. The van der Waals surface area contributed by atoms with Gasteiger partial charge in [-0.2, -0.15) is 0 Å². The monoisotopic (exact) mass is 885 g/mol. The average molecular weight is 885 g/mol. The molecule has 0 radical (unpaired) electrons. The third-order valence-corrected chi connectivity index (χ3v) is 30.4. The molecule has 20 aliphatic rings. The molecule has 20 aliphatic carbocycles. The maximum Gasteiger partial charge on any atom is -0.0104 e. The van der Waals surface area contributed by atoms with Crippen LogP contribution in [0.5, 0.6) is 0 Å². The number of allylic oxidation sites excluding steroid dienone is 8. The molecule has 356 valence electrons. The summed E-state index contributed by atoms with van der Waals surface area (Å²) in [4.78, 5) is 0. The van der Waals surface area contributed by atoms with E-state index in [1.807, 2.05) is 0 Å². The highest BCUT2D eigenvalue weighted by Crippen LogP contribution is 2.81. The Morgan fingerprint density at radius 3 is 1.55 bits per heavy atom. The molecule has 0 aromatic heterocycles. The zero-order chi connectivity index (χ0) is 43.7. The summed E-state index contributed by atoms with van der Waals surface area (Å²) in [6, 6.07) is 0. The van der Waals surface area contributed by atoms with Crippen LogP contribution in [0.15, 0.2) is 48.6 Å². The Morgan fingerprint density at radius 2 is 0.879 bits per heavy atom. The van der Waals surface area contributed by atoms with Crippen LogP contribution >= 0.6 is 0 Å². The number of rotatable bonds is 0. The minimum Gasteiger partial charge on any atom is -0.0848 e. The molecule has 0 aliphatic heterocycles. The maximum atomic E-state index is 2.68. The molecule has 0 aromatic rings. The number of fused-ring (bicyclic) bond motifs is 48. The summed E-state index contributed by atoms with van der Waals surface area (Å²) in [6.07, 6.45) is 48.9. The molecule has 0 nitrogen and oxygen atoms in total. The molecular formula is C66H92. The lowest BCUT2D eigenvalue weighted by Crippen LogP contribution is -2.43.